The number of benzene rings is 2. The molecule has 32 heavy (non-hydrogen) atoms. The van der Waals surface area contributed by atoms with Crippen molar-refractivity contribution in [2.45, 2.75) is 39.7 Å². The van der Waals surface area contributed by atoms with Crippen LogP contribution in [0.1, 0.15) is 42.0 Å². The van der Waals surface area contributed by atoms with Crippen molar-refractivity contribution in [1.29, 1.82) is 0 Å². The van der Waals surface area contributed by atoms with Crippen molar-refractivity contribution in [2.75, 3.05) is 19.0 Å². The molecule has 0 bridgehead atoms. The fourth-order valence-electron chi connectivity index (χ4n) is 3.31. The molecular formula is C26H30N2O4. The van der Waals surface area contributed by atoms with Crippen LogP contribution in [-0.4, -0.2) is 30.7 Å². The molecule has 0 saturated carbocycles. The molecule has 0 aliphatic carbocycles. The van der Waals surface area contributed by atoms with E-state index in [1.54, 1.807) is 13.2 Å². The van der Waals surface area contributed by atoms with Gasteiger partial charge in [0, 0.05) is 30.5 Å². The van der Waals surface area contributed by atoms with Gasteiger partial charge in [-0.1, -0.05) is 25.1 Å². The second kappa shape index (κ2) is 11.3. The molecule has 168 valence electrons. The van der Waals surface area contributed by atoms with E-state index in [9.17, 15) is 4.79 Å². The van der Waals surface area contributed by atoms with Crippen LogP contribution < -0.4 is 14.8 Å². The normalized spacial score (nSPS) is 11.6. The van der Waals surface area contributed by atoms with Crippen LogP contribution in [-0.2, 0) is 11.2 Å². The lowest BCUT2D eigenvalue weighted by atomic mass is 10.1. The summed E-state index contributed by atoms with van der Waals surface area (Å²) < 4.78 is 17.0. The number of amides is 1. The monoisotopic (exact) mass is 434 g/mol. The highest BCUT2D eigenvalue weighted by Crippen LogP contribution is 2.32. The molecule has 0 spiro atoms. The van der Waals surface area contributed by atoms with Crippen LogP contribution in [0.15, 0.2) is 60.7 Å². The minimum absolute atomic E-state index is 0.0903. The number of aromatic nitrogens is 1. The summed E-state index contributed by atoms with van der Waals surface area (Å²) in [5.41, 5.74) is 2.76. The molecule has 0 fully saturated rings. The second-order valence-corrected chi connectivity index (χ2v) is 7.56. The first-order chi connectivity index (χ1) is 15.5. The van der Waals surface area contributed by atoms with Gasteiger partial charge in [0.2, 0.25) is 0 Å². The van der Waals surface area contributed by atoms with E-state index in [2.05, 4.69) is 17.2 Å². The molecular weight excluding hydrogens is 404 g/mol. The quantitative estimate of drug-likeness (QED) is 0.437. The third-order valence-electron chi connectivity index (χ3n) is 4.88. The second-order valence-electron chi connectivity index (χ2n) is 7.56. The molecule has 1 N–H and O–H groups in total. The molecule has 0 saturated heterocycles. The molecule has 1 heterocycles. The Bertz CT molecular complexity index is 1050. The smallest absolute Gasteiger partial charge is 0.257 e. The maximum absolute atomic E-state index is 12.8. The topological polar surface area (TPSA) is 69.7 Å². The Kier molecular flexibility index (Phi) is 8.22. The number of pyridine rings is 1. The van der Waals surface area contributed by atoms with Crippen LogP contribution in [0.25, 0.3) is 0 Å². The number of hydrogen-bond donors (Lipinski definition) is 1. The van der Waals surface area contributed by atoms with E-state index >= 15 is 0 Å². The maximum atomic E-state index is 12.8. The number of rotatable bonds is 10. The maximum Gasteiger partial charge on any atom is 0.257 e. The average molecular weight is 435 g/mol. The third kappa shape index (κ3) is 6.31. The van der Waals surface area contributed by atoms with Gasteiger partial charge in [0.1, 0.15) is 5.75 Å². The highest BCUT2D eigenvalue weighted by Gasteiger charge is 2.13. The minimum Gasteiger partial charge on any atom is -0.493 e. The van der Waals surface area contributed by atoms with Gasteiger partial charge in [-0.05, 0) is 56.7 Å². The van der Waals surface area contributed by atoms with Crippen LogP contribution in [0.2, 0.25) is 0 Å². The van der Waals surface area contributed by atoms with Gasteiger partial charge in [-0.25, -0.2) is 0 Å². The van der Waals surface area contributed by atoms with E-state index in [0.717, 1.165) is 18.7 Å². The largest absolute Gasteiger partial charge is 0.493 e. The number of hydrogen-bond acceptors (Lipinski definition) is 5. The average Bonchev–Trinajstić information content (AvgIpc) is 2.78. The van der Waals surface area contributed by atoms with Crippen molar-refractivity contribution in [3.63, 3.8) is 0 Å². The zero-order chi connectivity index (χ0) is 22.9. The number of para-hydroxylation sites is 2. The van der Waals surface area contributed by atoms with Crippen molar-refractivity contribution in [2.24, 2.45) is 0 Å². The van der Waals surface area contributed by atoms with Gasteiger partial charge in [-0.3, -0.25) is 9.78 Å². The first-order valence-electron chi connectivity index (χ1n) is 10.8. The van der Waals surface area contributed by atoms with Gasteiger partial charge >= 0.3 is 0 Å². The predicted molar refractivity (Wildman–Crippen MR) is 126 cm³/mol. The minimum atomic E-state index is -0.216. The highest BCUT2D eigenvalue weighted by atomic mass is 16.5. The Morgan fingerprint density at radius 3 is 2.56 bits per heavy atom. The predicted octanol–water partition coefficient (Wildman–Crippen LogP) is 5.80. The Balaban J connectivity index is 1.67. The van der Waals surface area contributed by atoms with Crippen molar-refractivity contribution in [3.05, 3.63) is 77.6 Å². The SMILES string of the molecule is CCCOC(C)Cc1ccc(C(=O)Nc2cccc(Oc3ccccc3OC)c2)c(C)n1. The van der Waals surface area contributed by atoms with E-state index in [-0.39, 0.29) is 12.0 Å². The first kappa shape index (κ1) is 23.3. The number of carbonyl (C=O) groups is 1. The molecule has 2 aromatic carbocycles. The molecule has 3 aromatic rings. The van der Waals surface area contributed by atoms with Crippen molar-refractivity contribution in [1.82, 2.24) is 4.98 Å². The standard InChI is InChI=1S/C26H30N2O4/c1-5-15-31-18(2)16-21-13-14-23(19(3)27-21)26(29)28-20-9-8-10-22(17-20)32-25-12-7-6-11-24(25)30-4/h6-14,17-18H,5,15-16H2,1-4H3,(H,28,29). The van der Waals surface area contributed by atoms with E-state index in [1.165, 1.54) is 0 Å². The van der Waals surface area contributed by atoms with Gasteiger partial charge in [0.05, 0.1) is 24.5 Å². The molecule has 0 aliphatic heterocycles. The van der Waals surface area contributed by atoms with Crippen LogP contribution in [0, 0.1) is 6.92 Å². The molecule has 6 heteroatoms. The van der Waals surface area contributed by atoms with Crippen LogP contribution >= 0.6 is 0 Å². The lowest BCUT2D eigenvalue weighted by molar-refractivity contribution is 0.0663. The Labute approximate surface area is 189 Å². The Morgan fingerprint density at radius 2 is 1.84 bits per heavy atom. The number of methoxy groups -OCH3 is 1. The molecule has 1 amide bonds. The van der Waals surface area contributed by atoms with E-state index in [4.69, 9.17) is 14.2 Å². The van der Waals surface area contributed by atoms with Gasteiger partial charge < -0.3 is 19.5 Å². The van der Waals surface area contributed by atoms with Gasteiger partial charge in [-0.2, -0.15) is 0 Å². The Hall–Kier alpha value is -3.38. The third-order valence-corrected chi connectivity index (χ3v) is 4.88. The van der Waals surface area contributed by atoms with Gasteiger partial charge in [0.25, 0.3) is 5.91 Å². The van der Waals surface area contributed by atoms with E-state index < -0.39 is 0 Å². The summed E-state index contributed by atoms with van der Waals surface area (Å²) in [5, 5.41) is 2.93. The van der Waals surface area contributed by atoms with Crippen molar-refractivity contribution >= 4 is 11.6 Å². The lowest BCUT2D eigenvalue weighted by Crippen LogP contribution is -2.16. The lowest BCUT2D eigenvalue weighted by Gasteiger charge is -2.14. The molecule has 0 aliphatic rings. The number of anilines is 1. The number of aryl methyl sites for hydroxylation is 1. The van der Waals surface area contributed by atoms with E-state index in [0.29, 0.717) is 40.6 Å². The summed E-state index contributed by atoms with van der Waals surface area (Å²) in [5.74, 6) is 1.62. The molecule has 0 radical (unpaired) electrons. The van der Waals surface area contributed by atoms with Crippen LogP contribution in [0.5, 0.6) is 17.2 Å². The summed E-state index contributed by atoms with van der Waals surface area (Å²) >= 11 is 0. The molecule has 6 nitrogen and oxygen atoms in total. The number of nitrogens with one attached hydrogen (secondary N) is 1. The van der Waals surface area contributed by atoms with Crippen LogP contribution in [0.4, 0.5) is 5.69 Å². The summed E-state index contributed by atoms with van der Waals surface area (Å²) in [6.45, 7) is 6.70. The molecule has 1 atom stereocenters. The molecule has 1 unspecified atom stereocenters. The zero-order valence-electron chi connectivity index (χ0n) is 19.1. The molecule has 1 aromatic heterocycles. The molecule has 3 rings (SSSR count). The summed E-state index contributed by atoms with van der Waals surface area (Å²) in [6, 6.07) is 18.3. The number of ether oxygens (including phenoxy) is 3. The summed E-state index contributed by atoms with van der Waals surface area (Å²) in [7, 11) is 1.60. The van der Waals surface area contributed by atoms with E-state index in [1.807, 2.05) is 68.4 Å². The summed E-state index contributed by atoms with van der Waals surface area (Å²) in [6.07, 6.45) is 1.79. The summed E-state index contributed by atoms with van der Waals surface area (Å²) in [4.78, 5) is 17.4. The first-order valence-corrected chi connectivity index (χ1v) is 10.8. The highest BCUT2D eigenvalue weighted by molar-refractivity contribution is 6.05. The van der Waals surface area contributed by atoms with Crippen molar-refractivity contribution in [3.8, 4) is 17.2 Å². The number of carbonyl (C=O) groups excluding carboxylic acids is 1. The fourth-order valence-corrected chi connectivity index (χ4v) is 3.31. The van der Waals surface area contributed by atoms with Crippen molar-refractivity contribution < 1.29 is 19.0 Å². The number of nitrogens with zero attached hydrogens (tertiary/aromatic N) is 1. The van der Waals surface area contributed by atoms with Crippen LogP contribution in [0.3, 0.4) is 0 Å². The Morgan fingerprint density at radius 1 is 1.06 bits per heavy atom. The zero-order valence-corrected chi connectivity index (χ0v) is 19.1. The van der Waals surface area contributed by atoms with Gasteiger partial charge in [0.15, 0.2) is 11.5 Å². The van der Waals surface area contributed by atoms with Gasteiger partial charge in [-0.15, -0.1) is 0 Å². The fraction of sp³-hybridized carbons (Fsp3) is 0.308.